The highest BCUT2D eigenvalue weighted by Crippen LogP contribution is 2.15. The van der Waals surface area contributed by atoms with Gasteiger partial charge in [-0.1, -0.05) is 19.4 Å². The molecule has 0 saturated carbocycles. The average molecular weight is 259 g/mol. The SMILES string of the molecule is CCCC(C)NC(=O)CNc1cc(C#N)ccc1C. The highest BCUT2D eigenvalue weighted by atomic mass is 16.1. The van der Waals surface area contributed by atoms with Gasteiger partial charge in [-0.25, -0.2) is 0 Å². The van der Waals surface area contributed by atoms with E-state index in [4.69, 9.17) is 5.26 Å². The maximum atomic E-state index is 11.7. The second-order valence-electron chi connectivity index (χ2n) is 4.75. The van der Waals surface area contributed by atoms with Gasteiger partial charge in [-0.05, 0) is 38.0 Å². The zero-order chi connectivity index (χ0) is 14.3. The number of anilines is 1. The summed E-state index contributed by atoms with van der Waals surface area (Å²) in [5, 5.41) is 14.9. The summed E-state index contributed by atoms with van der Waals surface area (Å²) in [5.41, 5.74) is 2.44. The molecule has 1 aromatic carbocycles. The molecule has 0 fully saturated rings. The van der Waals surface area contributed by atoms with Gasteiger partial charge in [0.25, 0.3) is 0 Å². The fraction of sp³-hybridized carbons (Fsp3) is 0.467. The number of carbonyl (C=O) groups is 1. The van der Waals surface area contributed by atoms with E-state index in [-0.39, 0.29) is 18.5 Å². The first-order valence-electron chi connectivity index (χ1n) is 6.60. The first kappa shape index (κ1) is 15.0. The molecule has 2 N–H and O–H groups in total. The molecule has 102 valence electrons. The van der Waals surface area contributed by atoms with Crippen molar-refractivity contribution in [3.05, 3.63) is 29.3 Å². The van der Waals surface area contributed by atoms with Gasteiger partial charge in [0, 0.05) is 11.7 Å². The summed E-state index contributed by atoms with van der Waals surface area (Å²) in [7, 11) is 0. The van der Waals surface area contributed by atoms with Crippen molar-refractivity contribution in [2.75, 3.05) is 11.9 Å². The predicted octanol–water partition coefficient (Wildman–Crippen LogP) is 2.58. The molecule has 0 aromatic heterocycles. The average Bonchev–Trinajstić information content (AvgIpc) is 2.38. The van der Waals surface area contributed by atoms with Crippen LogP contribution in [0, 0.1) is 18.3 Å². The van der Waals surface area contributed by atoms with Crippen LogP contribution in [-0.4, -0.2) is 18.5 Å². The maximum absolute atomic E-state index is 11.7. The second-order valence-corrected chi connectivity index (χ2v) is 4.75. The standard InChI is InChI=1S/C15H21N3O/c1-4-5-12(3)18-15(19)10-17-14-8-13(9-16)7-6-11(14)2/h6-8,12,17H,4-5,10H2,1-3H3,(H,18,19). The Morgan fingerprint density at radius 1 is 1.47 bits per heavy atom. The lowest BCUT2D eigenvalue weighted by Gasteiger charge is -2.14. The molecule has 4 nitrogen and oxygen atoms in total. The minimum Gasteiger partial charge on any atom is -0.376 e. The normalized spacial score (nSPS) is 11.5. The van der Waals surface area contributed by atoms with Crippen molar-refractivity contribution in [3.63, 3.8) is 0 Å². The van der Waals surface area contributed by atoms with Crippen LogP contribution in [-0.2, 0) is 4.79 Å². The molecular weight excluding hydrogens is 238 g/mol. The fourth-order valence-electron chi connectivity index (χ4n) is 1.89. The Hall–Kier alpha value is -2.02. The number of nitriles is 1. The largest absolute Gasteiger partial charge is 0.376 e. The predicted molar refractivity (Wildman–Crippen MR) is 76.9 cm³/mol. The molecule has 0 saturated heterocycles. The van der Waals surface area contributed by atoms with Crippen LogP contribution < -0.4 is 10.6 Å². The van der Waals surface area contributed by atoms with Crippen molar-refractivity contribution in [1.29, 1.82) is 5.26 Å². The lowest BCUT2D eigenvalue weighted by molar-refractivity contribution is -0.120. The zero-order valence-electron chi connectivity index (χ0n) is 11.8. The number of hydrogen-bond donors (Lipinski definition) is 2. The maximum Gasteiger partial charge on any atom is 0.239 e. The molecule has 1 aromatic rings. The summed E-state index contributed by atoms with van der Waals surface area (Å²) >= 11 is 0. The van der Waals surface area contributed by atoms with Crippen LogP contribution in [0.2, 0.25) is 0 Å². The van der Waals surface area contributed by atoms with Crippen molar-refractivity contribution in [2.24, 2.45) is 0 Å². The van der Waals surface area contributed by atoms with Gasteiger partial charge < -0.3 is 10.6 Å². The number of carbonyl (C=O) groups excluding carboxylic acids is 1. The molecule has 0 aliphatic carbocycles. The Kier molecular flexibility index (Phi) is 5.87. The lowest BCUT2D eigenvalue weighted by atomic mass is 10.1. The van der Waals surface area contributed by atoms with Crippen molar-refractivity contribution < 1.29 is 4.79 Å². The number of rotatable bonds is 6. The van der Waals surface area contributed by atoms with Gasteiger partial charge in [0.15, 0.2) is 0 Å². The van der Waals surface area contributed by atoms with Gasteiger partial charge in [0.2, 0.25) is 5.91 Å². The number of aryl methyl sites for hydroxylation is 1. The van der Waals surface area contributed by atoms with E-state index in [1.807, 2.05) is 19.9 Å². The highest BCUT2D eigenvalue weighted by Gasteiger charge is 2.07. The van der Waals surface area contributed by atoms with E-state index in [9.17, 15) is 4.79 Å². The smallest absolute Gasteiger partial charge is 0.239 e. The zero-order valence-corrected chi connectivity index (χ0v) is 11.8. The van der Waals surface area contributed by atoms with Gasteiger partial charge in [-0.15, -0.1) is 0 Å². The number of benzene rings is 1. The van der Waals surface area contributed by atoms with E-state index in [0.29, 0.717) is 5.56 Å². The minimum atomic E-state index is -0.0253. The van der Waals surface area contributed by atoms with Crippen molar-refractivity contribution in [1.82, 2.24) is 5.32 Å². The van der Waals surface area contributed by atoms with Crippen LogP contribution in [0.3, 0.4) is 0 Å². The third-order valence-corrected chi connectivity index (χ3v) is 2.94. The third-order valence-electron chi connectivity index (χ3n) is 2.94. The van der Waals surface area contributed by atoms with E-state index in [0.717, 1.165) is 24.1 Å². The summed E-state index contributed by atoms with van der Waals surface area (Å²) in [6.07, 6.45) is 2.03. The molecule has 1 atom stereocenters. The van der Waals surface area contributed by atoms with E-state index >= 15 is 0 Å². The van der Waals surface area contributed by atoms with Gasteiger partial charge in [-0.2, -0.15) is 5.26 Å². The highest BCUT2D eigenvalue weighted by molar-refractivity contribution is 5.81. The van der Waals surface area contributed by atoms with Crippen molar-refractivity contribution in [2.45, 2.75) is 39.7 Å². The van der Waals surface area contributed by atoms with Gasteiger partial charge in [0.05, 0.1) is 18.2 Å². The van der Waals surface area contributed by atoms with Gasteiger partial charge in [-0.3, -0.25) is 4.79 Å². The summed E-state index contributed by atoms with van der Waals surface area (Å²) in [4.78, 5) is 11.7. The Bertz CT molecular complexity index is 477. The minimum absolute atomic E-state index is 0.0253. The van der Waals surface area contributed by atoms with Crippen LogP contribution in [0.25, 0.3) is 0 Å². The van der Waals surface area contributed by atoms with Gasteiger partial charge >= 0.3 is 0 Å². The number of hydrogen-bond acceptors (Lipinski definition) is 3. The van der Waals surface area contributed by atoms with Crippen LogP contribution in [0.4, 0.5) is 5.69 Å². The van der Waals surface area contributed by atoms with Crippen molar-refractivity contribution in [3.8, 4) is 6.07 Å². The monoisotopic (exact) mass is 259 g/mol. The number of amides is 1. The third kappa shape index (κ3) is 5.01. The molecule has 0 bridgehead atoms. The molecule has 1 amide bonds. The van der Waals surface area contributed by atoms with Crippen molar-refractivity contribution >= 4 is 11.6 Å². The van der Waals surface area contributed by atoms with E-state index in [1.165, 1.54) is 0 Å². The molecule has 19 heavy (non-hydrogen) atoms. The molecule has 4 heteroatoms. The number of nitrogens with one attached hydrogen (secondary N) is 2. The molecule has 0 aliphatic heterocycles. The molecular formula is C15H21N3O. The summed E-state index contributed by atoms with van der Waals surface area (Å²) in [5.74, 6) is -0.0253. The van der Waals surface area contributed by atoms with E-state index < -0.39 is 0 Å². The molecule has 0 aliphatic rings. The lowest BCUT2D eigenvalue weighted by Crippen LogP contribution is -2.36. The van der Waals surface area contributed by atoms with Crippen LogP contribution in [0.15, 0.2) is 18.2 Å². The Morgan fingerprint density at radius 3 is 2.84 bits per heavy atom. The number of nitrogens with zero attached hydrogens (tertiary/aromatic N) is 1. The molecule has 1 unspecified atom stereocenters. The topological polar surface area (TPSA) is 64.9 Å². The van der Waals surface area contributed by atoms with Crippen LogP contribution in [0.5, 0.6) is 0 Å². The molecule has 0 heterocycles. The molecule has 1 rings (SSSR count). The first-order chi connectivity index (χ1) is 9.06. The second kappa shape index (κ2) is 7.42. The summed E-state index contributed by atoms with van der Waals surface area (Å²) in [6.45, 7) is 6.27. The first-order valence-corrected chi connectivity index (χ1v) is 6.60. The molecule has 0 spiro atoms. The van der Waals surface area contributed by atoms with Crippen LogP contribution in [0.1, 0.15) is 37.8 Å². The Balaban J connectivity index is 2.53. The van der Waals surface area contributed by atoms with E-state index in [1.54, 1.807) is 12.1 Å². The Morgan fingerprint density at radius 2 is 2.21 bits per heavy atom. The fourth-order valence-corrected chi connectivity index (χ4v) is 1.89. The van der Waals surface area contributed by atoms with E-state index in [2.05, 4.69) is 23.6 Å². The van der Waals surface area contributed by atoms with Crippen LogP contribution >= 0.6 is 0 Å². The quantitative estimate of drug-likeness (QED) is 0.825. The Labute approximate surface area is 114 Å². The van der Waals surface area contributed by atoms with Gasteiger partial charge in [0.1, 0.15) is 0 Å². The molecule has 0 radical (unpaired) electrons. The summed E-state index contributed by atoms with van der Waals surface area (Å²) in [6, 6.07) is 7.69. The summed E-state index contributed by atoms with van der Waals surface area (Å²) < 4.78 is 0.